The third-order valence-corrected chi connectivity index (χ3v) is 24.0. The molecule has 31 heteroatoms. The van der Waals surface area contributed by atoms with Crippen LogP contribution in [-0.4, -0.2) is 177 Å². The topological polar surface area (TPSA) is 340 Å². The number of carbonyl (C=O) groups excluding carboxylic acids is 5. The number of benzene rings is 2. The molecule has 28 nitrogen and oxygen atoms in total. The maximum atomic E-state index is 12.7. The molecular weight excluding hydrogens is 1580 g/mol. The summed E-state index contributed by atoms with van der Waals surface area (Å²) in [5, 5.41) is 43.5. The van der Waals surface area contributed by atoms with Crippen LogP contribution in [0.25, 0.3) is 56.3 Å². The minimum Gasteiger partial charge on any atom is -0.340 e. The van der Waals surface area contributed by atoms with Crippen molar-refractivity contribution in [1.29, 1.82) is 0 Å². The maximum Gasteiger partial charge on any atom is 0.228 e. The van der Waals surface area contributed by atoms with Crippen LogP contribution in [0.3, 0.4) is 0 Å². The molecule has 20 rings (SSSR count). The average molecular weight is 1670 g/mol. The number of H-pyrrole nitrogens is 5. The number of fused-ring (bicyclic) bond motifs is 5. The zero-order chi connectivity index (χ0) is 83.1. The Morgan fingerprint density at radius 2 is 0.760 bits per heavy atom. The van der Waals surface area contributed by atoms with Gasteiger partial charge in [0.1, 0.15) is 0 Å². The SMILES string of the molecule is Cc1cccc(CC(=O)N2CCc3[nH]nc(-c4ccncc4)c3C2)c1.Cc1nc(CC(=O)N2CCc3[nH]nc(-c4ccncc4)c3C2)cs1.Cn1cnc(CC(=O)N2CCc3[nH]nc(-c4ccncc4)c3C2)c1.O=C(Cc1ccccc1Cl)N1CCc2[nH]nc(-c3ccncc3)c2C1.O=C(Cc1cccs1)N1CCc2[nH]nc(-c3ccncc3)c2C1. The van der Waals surface area contributed by atoms with Crippen molar-refractivity contribution >= 4 is 63.8 Å². The normalized spacial score (nSPS) is 13.7. The molecular formula is C90H88ClN23O5S2. The first-order valence-electron chi connectivity index (χ1n) is 40.1. The van der Waals surface area contributed by atoms with Gasteiger partial charge in [0.05, 0.1) is 83.3 Å². The fourth-order valence-corrected chi connectivity index (χ4v) is 17.1. The third-order valence-electron chi connectivity index (χ3n) is 21.9. The molecule has 0 saturated heterocycles. The van der Waals surface area contributed by atoms with Gasteiger partial charge < -0.3 is 29.1 Å². The molecule has 2 aromatic carbocycles. The first kappa shape index (κ1) is 81.2. The fourth-order valence-electron chi connectivity index (χ4n) is 15.6. The van der Waals surface area contributed by atoms with E-state index < -0.39 is 0 Å². The number of aromatic nitrogens is 18. The molecule has 0 unspecified atom stereocenters. The lowest BCUT2D eigenvalue weighted by molar-refractivity contribution is -0.132. The van der Waals surface area contributed by atoms with Crippen LogP contribution in [0.5, 0.6) is 0 Å². The van der Waals surface area contributed by atoms with Gasteiger partial charge >= 0.3 is 0 Å². The van der Waals surface area contributed by atoms with Gasteiger partial charge in [-0.1, -0.05) is 65.7 Å². The lowest BCUT2D eigenvalue weighted by Gasteiger charge is -2.27. The minimum atomic E-state index is 0.0839. The largest absolute Gasteiger partial charge is 0.340 e. The van der Waals surface area contributed by atoms with Gasteiger partial charge in [0.15, 0.2) is 0 Å². The van der Waals surface area contributed by atoms with Crippen molar-refractivity contribution in [3.05, 3.63) is 306 Å². The molecule has 5 aliphatic heterocycles. The molecule has 5 aliphatic rings. The Morgan fingerprint density at radius 1 is 0.397 bits per heavy atom. The molecule has 0 radical (unpaired) electrons. The highest BCUT2D eigenvalue weighted by Gasteiger charge is 2.32. The summed E-state index contributed by atoms with van der Waals surface area (Å²) in [6.45, 7) is 10.5. The Balaban J connectivity index is 0.000000112. The Hall–Kier alpha value is -13.6. The van der Waals surface area contributed by atoms with Gasteiger partial charge in [-0.3, -0.25) is 74.4 Å². The number of pyridine rings is 5. The zero-order valence-corrected chi connectivity index (χ0v) is 69.4. The van der Waals surface area contributed by atoms with Crippen molar-refractivity contribution in [3.8, 4) is 56.3 Å². The maximum absolute atomic E-state index is 12.7. The number of carbonyl (C=O) groups is 5. The molecule has 0 spiro atoms. The van der Waals surface area contributed by atoms with E-state index in [0.717, 1.165) is 190 Å². The van der Waals surface area contributed by atoms with Crippen LogP contribution >= 0.6 is 34.3 Å². The number of thiazole rings is 1. The van der Waals surface area contributed by atoms with Crippen molar-refractivity contribution in [1.82, 2.24) is 115 Å². The summed E-state index contributed by atoms with van der Waals surface area (Å²) in [4.78, 5) is 103. The van der Waals surface area contributed by atoms with Crippen LogP contribution < -0.4 is 0 Å². The monoisotopic (exact) mass is 1670 g/mol. The number of aryl methyl sites for hydroxylation is 3. The van der Waals surface area contributed by atoms with E-state index in [1.165, 1.54) is 5.56 Å². The van der Waals surface area contributed by atoms with Crippen LogP contribution in [0.15, 0.2) is 207 Å². The molecule has 15 aromatic rings. The second-order valence-corrected chi connectivity index (χ2v) is 32.6. The number of aromatic amines is 5. The lowest BCUT2D eigenvalue weighted by Crippen LogP contribution is -2.37. The number of nitrogens with zero attached hydrogens (tertiary/aromatic N) is 18. The van der Waals surface area contributed by atoms with Crippen LogP contribution in [-0.2, 0) is 128 Å². The van der Waals surface area contributed by atoms with Gasteiger partial charge in [0, 0.05) is 272 Å². The van der Waals surface area contributed by atoms with E-state index in [2.05, 4.69) is 91.9 Å². The van der Waals surface area contributed by atoms with E-state index in [4.69, 9.17) is 11.6 Å². The number of hydrogen-bond acceptors (Lipinski definition) is 19. The van der Waals surface area contributed by atoms with Gasteiger partial charge in [-0.2, -0.15) is 25.5 Å². The predicted molar refractivity (Wildman–Crippen MR) is 460 cm³/mol. The molecule has 0 fully saturated rings. The molecule has 612 valence electrons. The summed E-state index contributed by atoms with van der Waals surface area (Å²) < 4.78 is 1.86. The number of halogens is 1. The van der Waals surface area contributed by atoms with E-state index in [1.807, 2.05) is 182 Å². The van der Waals surface area contributed by atoms with Crippen molar-refractivity contribution in [2.75, 3.05) is 32.7 Å². The number of rotatable bonds is 15. The molecule has 5 amide bonds. The molecule has 0 atom stereocenters. The average Bonchev–Trinajstić information content (AvgIpc) is 1.68. The quantitative estimate of drug-likeness (QED) is 0.0636. The van der Waals surface area contributed by atoms with E-state index in [9.17, 15) is 24.0 Å². The van der Waals surface area contributed by atoms with Crippen molar-refractivity contribution in [3.63, 3.8) is 0 Å². The van der Waals surface area contributed by atoms with Crippen LogP contribution in [0, 0.1) is 13.8 Å². The summed E-state index contributed by atoms with van der Waals surface area (Å²) in [5.74, 6) is 0.646. The Morgan fingerprint density at radius 3 is 1.10 bits per heavy atom. The van der Waals surface area contributed by atoms with E-state index in [-0.39, 0.29) is 29.5 Å². The highest BCUT2D eigenvalue weighted by atomic mass is 35.5. The van der Waals surface area contributed by atoms with Crippen LogP contribution in [0.2, 0.25) is 5.02 Å². The van der Waals surface area contributed by atoms with Crippen LogP contribution in [0.1, 0.15) is 94.2 Å². The number of amides is 5. The predicted octanol–water partition coefficient (Wildman–Crippen LogP) is 12.5. The van der Waals surface area contributed by atoms with Gasteiger partial charge in [-0.15, -0.1) is 22.7 Å². The third kappa shape index (κ3) is 19.7. The summed E-state index contributed by atoms with van der Waals surface area (Å²) >= 11 is 9.39. The van der Waals surface area contributed by atoms with Gasteiger partial charge in [-0.05, 0) is 103 Å². The Bertz CT molecular complexity index is 5920. The summed E-state index contributed by atoms with van der Waals surface area (Å²) in [6.07, 6.45) is 27.1. The Kier molecular flexibility index (Phi) is 25.5. The summed E-state index contributed by atoms with van der Waals surface area (Å²) in [5.41, 5.74) is 25.6. The first-order valence-corrected chi connectivity index (χ1v) is 42.2. The lowest BCUT2D eigenvalue weighted by atomic mass is 10.0. The number of hydrogen-bond donors (Lipinski definition) is 5. The highest BCUT2D eigenvalue weighted by Crippen LogP contribution is 2.35. The fraction of sp³-hybridized carbons (Fsp3) is 0.256. The smallest absolute Gasteiger partial charge is 0.228 e. The van der Waals surface area contributed by atoms with E-state index >= 15 is 0 Å². The molecule has 0 bridgehead atoms. The number of nitrogens with one attached hydrogen (secondary N) is 5. The van der Waals surface area contributed by atoms with Gasteiger partial charge in [0.25, 0.3) is 0 Å². The number of imidazole rings is 1. The standard InChI is InChI=1S/C20H20N4O.C19H17ClN4O.C17H18N6O.C17H17N5OS.C17H16N4OS/c1-14-3-2-4-15(11-14)12-19(25)24-10-7-18-17(13-24)20(23-22-18)16-5-8-21-9-6-16;20-16-4-2-1-3-14(16)11-18(25)24-10-7-17-15(12-24)19(23-22-17)13-5-8-21-9-6-13;1-22-9-13(19-11-22)8-16(24)23-7-4-15-14(10-23)17(21-20-15)12-2-5-18-6-3-12;1-11-19-13(10-24-11)8-16(23)22-7-4-15-14(9-22)17(21-20-15)12-2-5-18-6-3-12;22-16(10-13-2-1-9-23-13)21-8-5-15-14(11-21)17(20-19-15)12-3-6-18-7-4-12/h2-6,8-9,11H,7,10,12-13H2,1H3,(H,22,23);1-6,8-9H,7,10-12H2,(H,22,23);2-3,5-6,9,11H,4,7-8,10H2,1H3,(H,20,21);2-3,5-6,10H,4,7-9H2,1H3,(H,20,21);1-4,6-7,9H,5,8,10-11H2,(H,19,20). The van der Waals surface area contributed by atoms with Crippen molar-refractivity contribution in [2.45, 2.75) is 111 Å². The van der Waals surface area contributed by atoms with Gasteiger partial charge in [-0.25, -0.2) is 9.97 Å². The Labute approximate surface area is 711 Å². The van der Waals surface area contributed by atoms with Crippen molar-refractivity contribution < 1.29 is 24.0 Å². The molecule has 18 heterocycles. The summed E-state index contributed by atoms with van der Waals surface area (Å²) in [6, 6.07) is 39.0. The highest BCUT2D eigenvalue weighted by molar-refractivity contribution is 7.10. The molecule has 0 saturated carbocycles. The minimum absolute atomic E-state index is 0.0839. The zero-order valence-electron chi connectivity index (χ0n) is 67.1. The van der Waals surface area contributed by atoms with E-state index in [1.54, 1.807) is 91.0 Å². The van der Waals surface area contributed by atoms with Crippen molar-refractivity contribution in [2.24, 2.45) is 7.05 Å². The molecule has 121 heavy (non-hydrogen) atoms. The summed E-state index contributed by atoms with van der Waals surface area (Å²) in [7, 11) is 1.90. The molecule has 0 aliphatic carbocycles. The number of thiophene rings is 1. The second kappa shape index (κ2) is 38.0. The van der Waals surface area contributed by atoms with E-state index in [0.29, 0.717) is 89.5 Å². The molecule has 13 aromatic heterocycles. The first-order chi connectivity index (χ1) is 59.1. The van der Waals surface area contributed by atoms with Gasteiger partial charge in [0.2, 0.25) is 29.5 Å². The second-order valence-electron chi connectivity index (χ2n) is 30.1. The molecule has 5 N–H and O–H groups in total. The van der Waals surface area contributed by atoms with Crippen LogP contribution in [0.4, 0.5) is 0 Å².